The van der Waals surface area contributed by atoms with E-state index in [1.54, 1.807) is 19.2 Å². The Balaban J connectivity index is 2.69. The predicted octanol–water partition coefficient (Wildman–Crippen LogP) is 1.91. The van der Waals surface area contributed by atoms with E-state index in [0.717, 1.165) is 3.57 Å². The third-order valence-corrected chi connectivity index (χ3v) is 3.27. The summed E-state index contributed by atoms with van der Waals surface area (Å²) in [5.74, 6) is -0.520. The van der Waals surface area contributed by atoms with Crippen molar-refractivity contribution in [2.24, 2.45) is 0 Å². The molecule has 0 radical (unpaired) electrons. The standard InChI is InChI=1S/C10H11I2NO4/c1-16-2-3-17-13-10(15)7-4-6(11)5-8(12)9(7)14/h4-5,14H,2-3H2,1H3,(H,13,15). The summed E-state index contributed by atoms with van der Waals surface area (Å²) in [6, 6.07) is 3.37. The van der Waals surface area contributed by atoms with E-state index in [-0.39, 0.29) is 17.9 Å². The molecule has 1 amide bonds. The Kier molecular flexibility index (Phi) is 6.44. The van der Waals surface area contributed by atoms with Crippen LogP contribution >= 0.6 is 45.2 Å². The summed E-state index contributed by atoms with van der Waals surface area (Å²) in [6.07, 6.45) is 0. The number of hydrogen-bond acceptors (Lipinski definition) is 4. The predicted molar refractivity (Wildman–Crippen MR) is 78.8 cm³/mol. The van der Waals surface area contributed by atoms with Gasteiger partial charge >= 0.3 is 0 Å². The Labute approximate surface area is 126 Å². The molecule has 0 saturated carbocycles. The first-order valence-electron chi connectivity index (χ1n) is 4.65. The van der Waals surface area contributed by atoms with Crippen LogP contribution in [0.15, 0.2) is 12.1 Å². The van der Waals surface area contributed by atoms with Crippen LogP contribution in [0, 0.1) is 7.14 Å². The topological polar surface area (TPSA) is 67.8 Å². The molecule has 0 aliphatic carbocycles. The summed E-state index contributed by atoms with van der Waals surface area (Å²) >= 11 is 4.04. The maximum atomic E-state index is 11.7. The number of halogens is 2. The van der Waals surface area contributed by atoms with Crippen LogP contribution in [0.5, 0.6) is 5.75 Å². The van der Waals surface area contributed by atoms with Crippen molar-refractivity contribution >= 4 is 51.1 Å². The van der Waals surface area contributed by atoms with Crippen LogP contribution in [-0.2, 0) is 9.57 Å². The summed E-state index contributed by atoms with van der Waals surface area (Å²) in [5.41, 5.74) is 2.44. The van der Waals surface area contributed by atoms with Gasteiger partial charge in [0, 0.05) is 10.7 Å². The third kappa shape index (κ3) is 4.56. The fourth-order valence-electron chi connectivity index (χ4n) is 1.04. The molecular formula is C10H11I2NO4. The van der Waals surface area contributed by atoms with E-state index in [4.69, 9.17) is 9.57 Å². The monoisotopic (exact) mass is 463 g/mol. The van der Waals surface area contributed by atoms with Crippen molar-refractivity contribution in [2.75, 3.05) is 20.3 Å². The molecule has 7 heteroatoms. The fourth-order valence-corrected chi connectivity index (χ4v) is 2.88. The Bertz CT molecular complexity index is 412. The number of hydroxylamine groups is 1. The van der Waals surface area contributed by atoms with Crippen LogP contribution < -0.4 is 5.48 Å². The quantitative estimate of drug-likeness (QED) is 0.398. The molecule has 1 rings (SSSR count). The number of carbonyl (C=O) groups is 1. The second-order valence-corrected chi connectivity index (χ2v) is 5.46. The van der Waals surface area contributed by atoms with Crippen LogP contribution in [0.3, 0.4) is 0 Å². The minimum atomic E-state index is -0.477. The Morgan fingerprint density at radius 2 is 2.12 bits per heavy atom. The van der Waals surface area contributed by atoms with Crippen LogP contribution in [0.1, 0.15) is 10.4 Å². The van der Waals surface area contributed by atoms with Gasteiger partial charge in [0.2, 0.25) is 0 Å². The number of methoxy groups -OCH3 is 1. The first kappa shape index (κ1) is 14.9. The van der Waals surface area contributed by atoms with E-state index >= 15 is 0 Å². The molecule has 0 atom stereocenters. The van der Waals surface area contributed by atoms with Crippen LogP contribution in [0.25, 0.3) is 0 Å². The van der Waals surface area contributed by atoms with E-state index in [2.05, 4.69) is 28.1 Å². The minimum Gasteiger partial charge on any atom is -0.506 e. The fraction of sp³-hybridized carbons (Fsp3) is 0.300. The average Bonchev–Trinajstić information content (AvgIpc) is 2.29. The number of amides is 1. The van der Waals surface area contributed by atoms with Crippen molar-refractivity contribution < 1.29 is 19.5 Å². The van der Waals surface area contributed by atoms with Gasteiger partial charge < -0.3 is 9.84 Å². The molecule has 17 heavy (non-hydrogen) atoms. The Hall–Kier alpha value is -0.130. The number of benzene rings is 1. The molecule has 0 heterocycles. The second kappa shape index (κ2) is 7.34. The molecule has 0 aliphatic heterocycles. The summed E-state index contributed by atoms with van der Waals surface area (Å²) in [6.45, 7) is 0.639. The van der Waals surface area contributed by atoms with Gasteiger partial charge in [0.05, 0.1) is 22.3 Å². The first-order chi connectivity index (χ1) is 8.06. The zero-order valence-electron chi connectivity index (χ0n) is 9.00. The lowest BCUT2D eigenvalue weighted by atomic mass is 10.2. The molecule has 1 aromatic carbocycles. The average molecular weight is 463 g/mol. The molecule has 0 saturated heterocycles. The highest BCUT2D eigenvalue weighted by atomic mass is 127. The number of nitrogens with one attached hydrogen (secondary N) is 1. The summed E-state index contributed by atoms with van der Waals surface area (Å²) < 4.78 is 6.25. The molecule has 0 unspecified atom stereocenters. The van der Waals surface area contributed by atoms with E-state index in [9.17, 15) is 9.90 Å². The molecule has 94 valence electrons. The zero-order chi connectivity index (χ0) is 12.8. The lowest BCUT2D eigenvalue weighted by Crippen LogP contribution is -2.25. The number of rotatable bonds is 5. The maximum absolute atomic E-state index is 11.7. The van der Waals surface area contributed by atoms with E-state index < -0.39 is 5.91 Å². The smallest absolute Gasteiger partial charge is 0.278 e. The Morgan fingerprint density at radius 3 is 2.76 bits per heavy atom. The van der Waals surface area contributed by atoms with Gasteiger partial charge in [0.1, 0.15) is 5.75 Å². The van der Waals surface area contributed by atoms with Crippen molar-refractivity contribution in [1.29, 1.82) is 0 Å². The van der Waals surface area contributed by atoms with Crippen molar-refractivity contribution in [3.8, 4) is 5.75 Å². The molecular weight excluding hydrogens is 452 g/mol. The van der Waals surface area contributed by atoms with E-state index in [0.29, 0.717) is 10.2 Å². The van der Waals surface area contributed by atoms with Gasteiger partial charge in [-0.3, -0.25) is 9.63 Å². The van der Waals surface area contributed by atoms with E-state index in [1.165, 1.54) is 0 Å². The zero-order valence-corrected chi connectivity index (χ0v) is 13.3. The number of phenolic OH excluding ortho intramolecular Hbond substituents is 1. The highest BCUT2D eigenvalue weighted by Gasteiger charge is 2.14. The number of aromatic hydroxyl groups is 1. The van der Waals surface area contributed by atoms with Gasteiger partial charge in [-0.25, -0.2) is 5.48 Å². The Morgan fingerprint density at radius 1 is 1.41 bits per heavy atom. The molecule has 0 aliphatic rings. The van der Waals surface area contributed by atoms with E-state index in [1.807, 2.05) is 22.6 Å². The number of carbonyl (C=O) groups excluding carboxylic acids is 1. The molecule has 0 aromatic heterocycles. The van der Waals surface area contributed by atoms with Crippen molar-refractivity contribution in [1.82, 2.24) is 5.48 Å². The van der Waals surface area contributed by atoms with Gasteiger partial charge in [-0.15, -0.1) is 0 Å². The number of ether oxygens (including phenoxy) is 1. The van der Waals surface area contributed by atoms with Gasteiger partial charge in [-0.05, 0) is 57.3 Å². The lowest BCUT2D eigenvalue weighted by molar-refractivity contribution is 0.00873. The SMILES string of the molecule is COCCONC(=O)c1cc(I)cc(I)c1O. The first-order valence-corrected chi connectivity index (χ1v) is 6.81. The highest BCUT2D eigenvalue weighted by Crippen LogP contribution is 2.26. The number of phenols is 1. The highest BCUT2D eigenvalue weighted by molar-refractivity contribution is 14.1. The molecule has 0 spiro atoms. The summed E-state index contributed by atoms with van der Waals surface area (Å²) in [5, 5.41) is 9.74. The van der Waals surface area contributed by atoms with Crippen molar-refractivity contribution in [3.05, 3.63) is 24.8 Å². The normalized spacial score (nSPS) is 10.3. The summed E-state index contributed by atoms with van der Waals surface area (Å²) in [7, 11) is 1.54. The summed E-state index contributed by atoms with van der Waals surface area (Å²) in [4.78, 5) is 16.6. The van der Waals surface area contributed by atoms with Crippen molar-refractivity contribution in [3.63, 3.8) is 0 Å². The van der Waals surface area contributed by atoms with Gasteiger partial charge in [-0.1, -0.05) is 0 Å². The minimum absolute atomic E-state index is 0.0427. The second-order valence-electron chi connectivity index (χ2n) is 3.06. The van der Waals surface area contributed by atoms with Crippen LogP contribution in [0.2, 0.25) is 0 Å². The third-order valence-electron chi connectivity index (χ3n) is 1.83. The number of hydrogen-bond donors (Lipinski definition) is 2. The largest absolute Gasteiger partial charge is 0.506 e. The molecule has 2 N–H and O–H groups in total. The van der Waals surface area contributed by atoms with Crippen LogP contribution in [-0.4, -0.2) is 31.3 Å². The lowest BCUT2D eigenvalue weighted by Gasteiger charge is -2.08. The van der Waals surface area contributed by atoms with Crippen LogP contribution in [0.4, 0.5) is 0 Å². The van der Waals surface area contributed by atoms with Gasteiger partial charge in [0.25, 0.3) is 5.91 Å². The molecule has 0 bridgehead atoms. The molecule has 5 nitrogen and oxygen atoms in total. The van der Waals surface area contributed by atoms with Crippen molar-refractivity contribution in [2.45, 2.75) is 0 Å². The van der Waals surface area contributed by atoms with Gasteiger partial charge in [0.15, 0.2) is 0 Å². The van der Waals surface area contributed by atoms with Gasteiger partial charge in [-0.2, -0.15) is 0 Å². The maximum Gasteiger partial charge on any atom is 0.278 e. The molecule has 1 aromatic rings. The molecule has 0 fully saturated rings.